The molecule has 2 aromatic rings. The predicted octanol–water partition coefficient (Wildman–Crippen LogP) is 3.06. The van der Waals surface area contributed by atoms with Gasteiger partial charge in [0.25, 0.3) is 0 Å². The first-order valence-electron chi connectivity index (χ1n) is 4.78. The summed E-state index contributed by atoms with van der Waals surface area (Å²) >= 11 is 3.26. The van der Waals surface area contributed by atoms with Crippen LogP contribution >= 0.6 is 15.9 Å². The molecule has 1 aromatic carbocycles. The number of aromatic nitrogens is 2. The lowest BCUT2D eigenvalue weighted by atomic mass is 10.3. The molecule has 0 aliphatic rings. The van der Waals surface area contributed by atoms with Gasteiger partial charge in [0.1, 0.15) is 11.6 Å². The highest BCUT2D eigenvalue weighted by Crippen LogP contribution is 2.29. The van der Waals surface area contributed by atoms with Crippen LogP contribution in [0.5, 0.6) is 11.6 Å². The topological polar surface area (TPSA) is 61.0 Å². The number of anilines is 1. The Morgan fingerprint density at radius 1 is 1.29 bits per heavy atom. The number of hydrogen-bond donors (Lipinski definition) is 1. The molecular weight excluding hydrogens is 289 g/mol. The summed E-state index contributed by atoms with van der Waals surface area (Å²) in [5, 5.41) is 0. The summed E-state index contributed by atoms with van der Waals surface area (Å²) in [5.74, 6) is 0.346. The minimum Gasteiger partial charge on any atom is -0.438 e. The van der Waals surface area contributed by atoms with Crippen molar-refractivity contribution < 1.29 is 9.13 Å². The number of benzene rings is 1. The second kappa shape index (κ2) is 4.67. The molecule has 0 bridgehead atoms. The van der Waals surface area contributed by atoms with E-state index in [1.807, 2.05) is 0 Å². The summed E-state index contributed by atoms with van der Waals surface area (Å²) in [5.41, 5.74) is 6.17. The predicted molar refractivity (Wildman–Crippen MR) is 65.4 cm³/mol. The van der Waals surface area contributed by atoms with Gasteiger partial charge in [-0.2, -0.15) is 4.98 Å². The Bertz CT molecular complexity index is 542. The summed E-state index contributed by atoms with van der Waals surface area (Å²) in [6.45, 7) is 1.77. The molecular formula is C11H9BrFN3O. The fraction of sp³-hybridized carbons (Fsp3) is 0.0909. The maximum absolute atomic E-state index is 13.1. The average molecular weight is 298 g/mol. The highest BCUT2D eigenvalue weighted by atomic mass is 79.9. The summed E-state index contributed by atoms with van der Waals surface area (Å²) in [4.78, 5) is 7.82. The number of halogens is 2. The lowest BCUT2D eigenvalue weighted by Crippen LogP contribution is -1.99. The molecule has 0 radical (unpaired) electrons. The van der Waals surface area contributed by atoms with Gasteiger partial charge in [-0.15, -0.1) is 0 Å². The molecule has 0 unspecified atom stereocenters. The van der Waals surface area contributed by atoms with Crippen LogP contribution in [0.15, 0.2) is 28.7 Å². The third kappa shape index (κ3) is 2.91. The molecule has 0 amide bonds. The van der Waals surface area contributed by atoms with Crippen molar-refractivity contribution in [3.05, 3.63) is 40.2 Å². The van der Waals surface area contributed by atoms with E-state index in [0.717, 1.165) is 0 Å². The van der Waals surface area contributed by atoms with Crippen LogP contribution < -0.4 is 10.5 Å². The number of hydrogen-bond acceptors (Lipinski definition) is 4. The molecule has 88 valence electrons. The average Bonchev–Trinajstić information content (AvgIpc) is 2.22. The Labute approximate surface area is 106 Å². The van der Waals surface area contributed by atoms with Crippen LogP contribution in [0.4, 0.5) is 10.3 Å². The van der Waals surface area contributed by atoms with Gasteiger partial charge in [0, 0.05) is 17.8 Å². The molecule has 0 saturated heterocycles. The molecule has 0 atom stereocenters. The maximum Gasteiger partial charge on any atom is 0.224 e. The van der Waals surface area contributed by atoms with Crippen LogP contribution in [-0.2, 0) is 0 Å². The minimum atomic E-state index is -0.387. The Morgan fingerprint density at radius 2 is 2.06 bits per heavy atom. The molecule has 17 heavy (non-hydrogen) atoms. The maximum atomic E-state index is 13.1. The van der Waals surface area contributed by atoms with Crippen LogP contribution in [0.3, 0.4) is 0 Å². The molecule has 2 N–H and O–H groups in total. The van der Waals surface area contributed by atoms with Crippen molar-refractivity contribution in [3.63, 3.8) is 0 Å². The second-order valence-corrected chi connectivity index (χ2v) is 4.24. The summed E-state index contributed by atoms with van der Waals surface area (Å²) in [6.07, 6.45) is 0. The fourth-order valence-corrected chi connectivity index (χ4v) is 1.61. The molecule has 0 fully saturated rings. The molecule has 0 aliphatic heterocycles. The molecule has 0 saturated carbocycles. The van der Waals surface area contributed by atoms with Crippen LogP contribution in [0.1, 0.15) is 5.69 Å². The van der Waals surface area contributed by atoms with Gasteiger partial charge in [0.05, 0.1) is 4.47 Å². The normalized spacial score (nSPS) is 10.3. The van der Waals surface area contributed by atoms with Gasteiger partial charge in [-0.05, 0) is 35.0 Å². The molecule has 4 nitrogen and oxygen atoms in total. The number of ether oxygens (including phenoxy) is 1. The SMILES string of the molecule is Cc1cc(Oc2cc(F)ccc2Br)nc(N)n1. The van der Waals surface area contributed by atoms with Crippen molar-refractivity contribution in [2.24, 2.45) is 0 Å². The fourth-order valence-electron chi connectivity index (χ4n) is 1.28. The smallest absolute Gasteiger partial charge is 0.224 e. The third-order valence-corrected chi connectivity index (χ3v) is 2.61. The van der Waals surface area contributed by atoms with Gasteiger partial charge in [-0.3, -0.25) is 0 Å². The van der Waals surface area contributed by atoms with E-state index >= 15 is 0 Å². The Kier molecular flexibility index (Phi) is 3.23. The highest BCUT2D eigenvalue weighted by Gasteiger charge is 2.07. The third-order valence-electron chi connectivity index (χ3n) is 1.96. The first-order valence-corrected chi connectivity index (χ1v) is 5.58. The van der Waals surface area contributed by atoms with Gasteiger partial charge >= 0.3 is 0 Å². The van der Waals surface area contributed by atoms with Gasteiger partial charge in [0.2, 0.25) is 11.8 Å². The Morgan fingerprint density at radius 3 is 2.76 bits per heavy atom. The van der Waals surface area contributed by atoms with E-state index in [1.54, 1.807) is 19.1 Å². The lowest BCUT2D eigenvalue weighted by molar-refractivity contribution is 0.454. The van der Waals surface area contributed by atoms with Gasteiger partial charge < -0.3 is 10.5 Å². The molecule has 0 aliphatic carbocycles. The number of rotatable bonds is 2. The molecule has 0 spiro atoms. The number of nitrogens with zero attached hydrogens (tertiary/aromatic N) is 2. The lowest BCUT2D eigenvalue weighted by Gasteiger charge is -2.07. The minimum absolute atomic E-state index is 0.118. The van der Waals surface area contributed by atoms with Crippen LogP contribution in [0.25, 0.3) is 0 Å². The highest BCUT2D eigenvalue weighted by molar-refractivity contribution is 9.10. The standard InChI is InChI=1S/C11H9BrFN3O/c1-6-4-10(16-11(14)15-6)17-9-5-7(13)2-3-8(9)12/h2-5H,1H3,(H2,14,15,16). The van der Waals surface area contributed by atoms with E-state index in [4.69, 9.17) is 10.5 Å². The van der Waals surface area contributed by atoms with Crippen LogP contribution in [0, 0.1) is 12.7 Å². The molecule has 2 rings (SSSR count). The number of nitrogens with two attached hydrogens (primary N) is 1. The quantitative estimate of drug-likeness (QED) is 0.925. The van der Waals surface area contributed by atoms with Crippen molar-refractivity contribution >= 4 is 21.9 Å². The van der Waals surface area contributed by atoms with Crippen molar-refractivity contribution in [3.8, 4) is 11.6 Å². The van der Waals surface area contributed by atoms with E-state index in [9.17, 15) is 4.39 Å². The van der Waals surface area contributed by atoms with Crippen LogP contribution in [0.2, 0.25) is 0 Å². The van der Waals surface area contributed by atoms with E-state index in [2.05, 4.69) is 25.9 Å². The Hall–Kier alpha value is -1.69. The van der Waals surface area contributed by atoms with Crippen molar-refractivity contribution in [1.29, 1.82) is 0 Å². The molecule has 6 heteroatoms. The second-order valence-electron chi connectivity index (χ2n) is 3.38. The zero-order valence-corrected chi connectivity index (χ0v) is 10.5. The summed E-state index contributed by atoms with van der Waals surface area (Å²) < 4.78 is 19.1. The van der Waals surface area contributed by atoms with Gasteiger partial charge in [-0.1, -0.05) is 0 Å². The number of nitrogen functional groups attached to an aromatic ring is 1. The molecule has 1 aromatic heterocycles. The first kappa shape index (κ1) is 11.8. The first-order chi connectivity index (χ1) is 8.04. The monoisotopic (exact) mass is 297 g/mol. The van der Waals surface area contributed by atoms with Crippen molar-refractivity contribution in [1.82, 2.24) is 9.97 Å². The van der Waals surface area contributed by atoms with Gasteiger partial charge in [-0.25, -0.2) is 9.37 Å². The van der Waals surface area contributed by atoms with E-state index < -0.39 is 0 Å². The van der Waals surface area contributed by atoms with E-state index in [-0.39, 0.29) is 17.6 Å². The number of aryl methyl sites for hydroxylation is 1. The van der Waals surface area contributed by atoms with Crippen molar-refractivity contribution in [2.75, 3.05) is 5.73 Å². The van der Waals surface area contributed by atoms with E-state index in [1.165, 1.54) is 12.1 Å². The van der Waals surface area contributed by atoms with E-state index in [0.29, 0.717) is 15.9 Å². The summed E-state index contributed by atoms with van der Waals surface area (Å²) in [6, 6.07) is 5.77. The zero-order valence-electron chi connectivity index (χ0n) is 8.95. The van der Waals surface area contributed by atoms with Crippen LogP contribution in [-0.4, -0.2) is 9.97 Å². The summed E-state index contributed by atoms with van der Waals surface area (Å²) in [7, 11) is 0. The van der Waals surface area contributed by atoms with Crippen molar-refractivity contribution in [2.45, 2.75) is 6.92 Å². The molecule has 1 heterocycles. The zero-order chi connectivity index (χ0) is 12.4. The largest absolute Gasteiger partial charge is 0.438 e. The Balaban J connectivity index is 2.34. The van der Waals surface area contributed by atoms with Gasteiger partial charge in [0.15, 0.2) is 0 Å².